The van der Waals surface area contributed by atoms with Crippen molar-refractivity contribution in [2.45, 2.75) is 6.92 Å². The van der Waals surface area contributed by atoms with Crippen LogP contribution >= 0.6 is 0 Å². The fraction of sp³-hybridized carbons (Fsp3) is 0.154. The van der Waals surface area contributed by atoms with E-state index in [4.69, 9.17) is 10.5 Å². The maximum atomic E-state index is 12.0. The van der Waals surface area contributed by atoms with Gasteiger partial charge in [-0.15, -0.1) is 0 Å². The lowest BCUT2D eigenvalue weighted by Crippen LogP contribution is -2.11. The molecule has 102 valence electrons. The van der Waals surface area contributed by atoms with Gasteiger partial charge < -0.3 is 15.5 Å². The number of nitrogens with two attached hydrogens (primary N) is 1. The smallest absolute Gasteiger partial charge is 0.277 e. The van der Waals surface area contributed by atoms with E-state index < -0.39 is 0 Å². The predicted molar refractivity (Wildman–Crippen MR) is 75.1 cm³/mol. The van der Waals surface area contributed by atoms with Gasteiger partial charge in [0.1, 0.15) is 5.75 Å². The minimum absolute atomic E-state index is 0.206. The van der Waals surface area contributed by atoms with E-state index in [1.54, 1.807) is 10.6 Å². The minimum Gasteiger partial charge on any atom is -0.494 e. The van der Waals surface area contributed by atoms with Crippen molar-refractivity contribution in [3.05, 3.63) is 40.9 Å². The molecular weight excluding hydrogens is 258 g/mol. The van der Waals surface area contributed by atoms with Crippen LogP contribution in [0.15, 0.2) is 35.4 Å². The van der Waals surface area contributed by atoms with E-state index in [1.165, 1.54) is 6.33 Å². The number of nitrogens with one attached hydrogen (secondary N) is 1. The number of H-pyrrole nitrogens is 1. The fourth-order valence-corrected chi connectivity index (χ4v) is 2.08. The van der Waals surface area contributed by atoms with Gasteiger partial charge in [0, 0.05) is 6.07 Å². The number of nitrogens with zero attached hydrogens (tertiary/aromatic N) is 3. The highest BCUT2D eigenvalue weighted by molar-refractivity contribution is 5.76. The second-order valence-electron chi connectivity index (χ2n) is 4.14. The third-order valence-electron chi connectivity index (χ3n) is 2.87. The van der Waals surface area contributed by atoms with Crippen molar-refractivity contribution in [3.63, 3.8) is 0 Å². The normalized spacial score (nSPS) is 10.8. The van der Waals surface area contributed by atoms with E-state index in [-0.39, 0.29) is 11.5 Å². The second kappa shape index (κ2) is 4.69. The molecule has 20 heavy (non-hydrogen) atoms. The summed E-state index contributed by atoms with van der Waals surface area (Å²) in [7, 11) is 0. The lowest BCUT2D eigenvalue weighted by atomic mass is 10.3. The minimum atomic E-state index is -0.291. The summed E-state index contributed by atoms with van der Waals surface area (Å²) in [6, 6.07) is 7.29. The van der Waals surface area contributed by atoms with Crippen LogP contribution in [-0.4, -0.2) is 26.1 Å². The van der Waals surface area contributed by atoms with Crippen LogP contribution in [-0.2, 0) is 0 Å². The number of fused-ring (bicyclic) bond motifs is 1. The topological polar surface area (TPSA) is 98.8 Å². The monoisotopic (exact) mass is 271 g/mol. The van der Waals surface area contributed by atoms with Gasteiger partial charge in [0.25, 0.3) is 5.56 Å². The molecule has 0 fully saturated rings. The van der Waals surface area contributed by atoms with E-state index in [9.17, 15) is 4.79 Å². The largest absolute Gasteiger partial charge is 0.494 e. The van der Waals surface area contributed by atoms with Gasteiger partial charge in [-0.25, -0.2) is 4.98 Å². The first-order valence-corrected chi connectivity index (χ1v) is 6.15. The van der Waals surface area contributed by atoms with Gasteiger partial charge in [-0.3, -0.25) is 9.36 Å². The van der Waals surface area contributed by atoms with Gasteiger partial charge >= 0.3 is 0 Å². The SMILES string of the molecule is CCOc1cccc(-n2c(N)nc3nc[nH]c(=O)c32)c1. The van der Waals surface area contributed by atoms with Crippen molar-refractivity contribution in [2.24, 2.45) is 0 Å². The number of benzene rings is 1. The van der Waals surface area contributed by atoms with Gasteiger partial charge in [0.2, 0.25) is 5.95 Å². The lowest BCUT2D eigenvalue weighted by Gasteiger charge is -2.08. The number of anilines is 1. The van der Waals surface area contributed by atoms with Gasteiger partial charge in [-0.05, 0) is 19.1 Å². The molecule has 2 aromatic heterocycles. The molecule has 0 atom stereocenters. The van der Waals surface area contributed by atoms with E-state index in [0.29, 0.717) is 29.2 Å². The Balaban J connectivity index is 2.26. The van der Waals surface area contributed by atoms with Gasteiger partial charge in [-0.2, -0.15) is 4.98 Å². The second-order valence-corrected chi connectivity index (χ2v) is 4.14. The summed E-state index contributed by atoms with van der Waals surface area (Å²) in [6.45, 7) is 2.47. The molecule has 0 unspecified atom stereocenters. The quantitative estimate of drug-likeness (QED) is 0.743. The highest BCUT2D eigenvalue weighted by Gasteiger charge is 2.14. The highest BCUT2D eigenvalue weighted by atomic mass is 16.5. The van der Waals surface area contributed by atoms with Crippen LogP contribution in [0.25, 0.3) is 16.9 Å². The number of hydrogen-bond donors (Lipinski definition) is 2. The lowest BCUT2D eigenvalue weighted by molar-refractivity contribution is 0.340. The molecule has 0 aliphatic heterocycles. The molecule has 3 rings (SSSR count). The summed E-state index contributed by atoms with van der Waals surface area (Å²) in [5.74, 6) is 0.907. The number of hydrogen-bond acceptors (Lipinski definition) is 5. The number of nitrogen functional groups attached to an aromatic ring is 1. The highest BCUT2D eigenvalue weighted by Crippen LogP contribution is 2.22. The Kier molecular flexibility index (Phi) is 2.86. The average molecular weight is 271 g/mol. The van der Waals surface area contributed by atoms with Crippen LogP contribution < -0.4 is 16.0 Å². The maximum Gasteiger partial charge on any atom is 0.277 e. The summed E-state index contributed by atoms with van der Waals surface area (Å²) in [5, 5.41) is 0. The zero-order valence-corrected chi connectivity index (χ0v) is 10.8. The molecule has 0 radical (unpaired) electrons. The molecule has 2 heterocycles. The third-order valence-corrected chi connectivity index (χ3v) is 2.87. The molecule has 7 nitrogen and oxygen atoms in total. The van der Waals surface area contributed by atoms with Crippen LogP contribution in [0.5, 0.6) is 5.75 Å². The molecule has 1 aromatic carbocycles. The molecule has 0 bridgehead atoms. The van der Waals surface area contributed by atoms with Gasteiger partial charge in [-0.1, -0.05) is 6.07 Å². The predicted octanol–water partition coefficient (Wildman–Crippen LogP) is 1.09. The Morgan fingerprint density at radius 3 is 3.10 bits per heavy atom. The molecule has 0 amide bonds. The van der Waals surface area contributed by atoms with Gasteiger partial charge in [0.15, 0.2) is 11.2 Å². The molecule has 0 saturated carbocycles. The van der Waals surface area contributed by atoms with E-state index >= 15 is 0 Å². The first-order valence-electron chi connectivity index (χ1n) is 6.15. The van der Waals surface area contributed by atoms with Crippen LogP contribution in [0.1, 0.15) is 6.92 Å². The number of aromatic amines is 1. The molecule has 3 N–H and O–H groups in total. The fourth-order valence-electron chi connectivity index (χ4n) is 2.08. The van der Waals surface area contributed by atoms with Crippen molar-refractivity contribution in [2.75, 3.05) is 12.3 Å². The van der Waals surface area contributed by atoms with Crippen molar-refractivity contribution in [1.29, 1.82) is 0 Å². The summed E-state index contributed by atoms with van der Waals surface area (Å²) in [4.78, 5) is 22.6. The zero-order chi connectivity index (χ0) is 14.1. The number of imidazole rings is 1. The van der Waals surface area contributed by atoms with Crippen molar-refractivity contribution in [3.8, 4) is 11.4 Å². The third kappa shape index (κ3) is 1.89. The van der Waals surface area contributed by atoms with E-state index in [1.807, 2.05) is 25.1 Å². The van der Waals surface area contributed by atoms with E-state index in [0.717, 1.165) is 0 Å². The summed E-state index contributed by atoms with van der Waals surface area (Å²) >= 11 is 0. The van der Waals surface area contributed by atoms with Crippen LogP contribution in [0.4, 0.5) is 5.95 Å². The molecular formula is C13H13N5O2. The summed E-state index contributed by atoms with van der Waals surface area (Å²) < 4.78 is 7.01. The first-order chi connectivity index (χ1) is 9.70. The Hall–Kier alpha value is -2.83. The molecule has 0 aliphatic rings. The zero-order valence-electron chi connectivity index (χ0n) is 10.8. The Labute approximate surface area is 114 Å². The Morgan fingerprint density at radius 2 is 2.30 bits per heavy atom. The Bertz CT molecular complexity index is 821. The molecule has 0 aliphatic carbocycles. The molecule has 7 heteroatoms. The first kappa shape index (κ1) is 12.2. The van der Waals surface area contributed by atoms with Crippen LogP contribution in [0.2, 0.25) is 0 Å². The number of ether oxygens (including phenoxy) is 1. The molecule has 3 aromatic rings. The number of rotatable bonds is 3. The standard InChI is InChI=1S/C13H13N5O2/c1-2-20-9-5-3-4-8(6-9)18-10-11(17-13(18)14)15-7-16-12(10)19/h3-7H,2H2,1H3,(H3,14,15,16,17,19). The van der Waals surface area contributed by atoms with Crippen LogP contribution in [0, 0.1) is 0 Å². The van der Waals surface area contributed by atoms with Crippen LogP contribution in [0.3, 0.4) is 0 Å². The average Bonchev–Trinajstić information content (AvgIpc) is 2.77. The maximum absolute atomic E-state index is 12.0. The summed E-state index contributed by atoms with van der Waals surface area (Å²) in [5.41, 5.74) is 6.94. The van der Waals surface area contributed by atoms with Gasteiger partial charge in [0.05, 0.1) is 18.6 Å². The van der Waals surface area contributed by atoms with Crippen molar-refractivity contribution >= 4 is 17.1 Å². The van der Waals surface area contributed by atoms with Crippen molar-refractivity contribution in [1.82, 2.24) is 19.5 Å². The number of aromatic nitrogens is 4. The summed E-state index contributed by atoms with van der Waals surface area (Å²) in [6.07, 6.45) is 1.30. The molecule has 0 saturated heterocycles. The Morgan fingerprint density at radius 1 is 1.45 bits per heavy atom. The molecule has 0 spiro atoms. The van der Waals surface area contributed by atoms with E-state index in [2.05, 4.69) is 15.0 Å². The van der Waals surface area contributed by atoms with Crippen molar-refractivity contribution < 1.29 is 4.74 Å².